The molecule has 0 unspecified atom stereocenters. The highest BCUT2D eigenvalue weighted by Crippen LogP contribution is 2.30. The van der Waals surface area contributed by atoms with E-state index in [0.29, 0.717) is 15.8 Å². The van der Waals surface area contributed by atoms with Crippen molar-refractivity contribution in [3.63, 3.8) is 0 Å². The number of likely N-dealkylation sites (tertiary alicyclic amines) is 1. The Morgan fingerprint density at radius 2 is 1.77 bits per heavy atom. The molecule has 30 heavy (non-hydrogen) atoms. The first-order valence-electron chi connectivity index (χ1n) is 10.2. The van der Waals surface area contributed by atoms with Crippen LogP contribution in [0.3, 0.4) is 0 Å². The molecule has 5 rings (SSSR count). The van der Waals surface area contributed by atoms with E-state index in [1.54, 1.807) is 12.1 Å². The maximum atomic E-state index is 12.9. The predicted molar refractivity (Wildman–Crippen MR) is 120 cm³/mol. The zero-order chi connectivity index (χ0) is 20.5. The lowest BCUT2D eigenvalue weighted by Gasteiger charge is -2.32. The molecule has 0 atom stereocenters. The fourth-order valence-corrected chi connectivity index (χ4v) is 5.17. The minimum absolute atomic E-state index is 0.110. The number of fused-ring (bicyclic) bond motifs is 3. The molecular weight excluding hydrogens is 396 g/mol. The number of benzene rings is 2. The van der Waals surface area contributed by atoms with Gasteiger partial charge < -0.3 is 9.73 Å². The van der Waals surface area contributed by atoms with E-state index in [-0.39, 0.29) is 11.9 Å². The Balaban J connectivity index is 1.27. The highest BCUT2D eigenvalue weighted by molar-refractivity contribution is 7.21. The van der Waals surface area contributed by atoms with Crippen LogP contribution in [0.15, 0.2) is 69.9 Å². The Labute approximate surface area is 177 Å². The van der Waals surface area contributed by atoms with E-state index in [0.717, 1.165) is 42.6 Å². The highest BCUT2D eigenvalue weighted by atomic mass is 32.1. The molecule has 0 radical (unpaired) electrons. The molecule has 2 aromatic carbocycles. The third-order valence-corrected chi connectivity index (χ3v) is 6.85. The van der Waals surface area contributed by atoms with E-state index in [4.69, 9.17) is 4.42 Å². The second kappa shape index (κ2) is 8.05. The standard InChI is InChI=1S/C24H22N2O3S/c27-23(25-17-10-12-26(13-11-17)15-16-6-2-1-3-7-16)21-14-19-22(30-21)18-8-4-5-9-20(18)29-24(19)28/h1-9,14,17H,10-13,15H2,(H,25,27). The van der Waals surface area contributed by atoms with Crippen LogP contribution < -0.4 is 10.9 Å². The van der Waals surface area contributed by atoms with Gasteiger partial charge in [-0.1, -0.05) is 42.5 Å². The summed E-state index contributed by atoms with van der Waals surface area (Å²) in [4.78, 5) is 28.1. The van der Waals surface area contributed by atoms with Gasteiger partial charge in [-0.3, -0.25) is 9.69 Å². The summed E-state index contributed by atoms with van der Waals surface area (Å²) >= 11 is 1.36. The van der Waals surface area contributed by atoms with Gasteiger partial charge in [-0.15, -0.1) is 11.3 Å². The molecule has 2 aromatic heterocycles. The van der Waals surface area contributed by atoms with Crippen molar-refractivity contribution in [3.05, 3.63) is 81.5 Å². The predicted octanol–water partition coefficient (Wildman–Crippen LogP) is 4.40. The van der Waals surface area contributed by atoms with Gasteiger partial charge in [-0.05, 0) is 36.6 Å². The lowest BCUT2D eigenvalue weighted by atomic mass is 10.0. The maximum Gasteiger partial charge on any atom is 0.345 e. The largest absolute Gasteiger partial charge is 0.422 e. The topological polar surface area (TPSA) is 62.6 Å². The first-order chi connectivity index (χ1) is 14.7. The van der Waals surface area contributed by atoms with Crippen LogP contribution in [-0.4, -0.2) is 29.9 Å². The Kier molecular flexibility index (Phi) is 5.11. The van der Waals surface area contributed by atoms with Gasteiger partial charge in [0.1, 0.15) is 5.58 Å². The molecule has 5 nitrogen and oxygen atoms in total. The summed E-state index contributed by atoms with van der Waals surface area (Å²) in [5, 5.41) is 4.50. The van der Waals surface area contributed by atoms with Crippen molar-refractivity contribution in [2.45, 2.75) is 25.4 Å². The molecule has 1 fully saturated rings. The van der Waals surface area contributed by atoms with Gasteiger partial charge >= 0.3 is 5.63 Å². The van der Waals surface area contributed by atoms with Crippen molar-refractivity contribution < 1.29 is 9.21 Å². The number of carbonyl (C=O) groups excluding carboxylic acids is 1. The molecule has 0 aliphatic carbocycles. The van der Waals surface area contributed by atoms with E-state index in [9.17, 15) is 9.59 Å². The second-order valence-corrected chi connectivity index (χ2v) is 8.80. The van der Waals surface area contributed by atoms with Crippen LogP contribution in [0.2, 0.25) is 0 Å². The minimum atomic E-state index is -0.395. The number of piperidine rings is 1. The Morgan fingerprint density at radius 3 is 2.57 bits per heavy atom. The molecule has 4 aromatic rings. The first-order valence-corrected chi connectivity index (χ1v) is 11.0. The number of para-hydroxylation sites is 1. The summed E-state index contributed by atoms with van der Waals surface area (Å²) in [6.07, 6.45) is 1.85. The zero-order valence-electron chi connectivity index (χ0n) is 16.5. The van der Waals surface area contributed by atoms with Crippen LogP contribution in [0.5, 0.6) is 0 Å². The smallest absolute Gasteiger partial charge is 0.345 e. The lowest BCUT2D eigenvalue weighted by molar-refractivity contribution is 0.0913. The summed E-state index contributed by atoms with van der Waals surface area (Å²) in [5.41, 5.74) is 1.47. The summed E-state index contributed by atoms with van der Waals surface area (Å²) < 4.78 is 6.20. The Hall–Kier alpha value is -2.96. The van der Waals surface area contributed by atoms with E-state index >= 15 is 0 Å². The highest BCUT2D eigenvalue weighted by Gasteiger charge is 2.23. The molecular formula is C24H22N2O3S. The van der Waals surface area contributed by atoms with Crippen LogP contribution in [0, 0.1) is 0 Å². The SMILES string of the molecule is O=C(NC1CCN(Cc2ccccc2)CC1)c1cc2c(=O)oc3ccccc3c2s1. The van der Waals surface area contributed by atoms with Gasteiger partial charge in [0.25, 0.3) is 5.91 Å². The monoisotopic (exact) mass is 418 g/mol. The summed E-state index contributed by atoms with van der Waals surface area (Å²) in [6.45, 7) is 2.86. The summed E-state index contributed by atoms with van der Waals surface area (Å²) in [6, 6.07) is 19.7. The van der Waals surface area contributed by atoms with Crippen molar-refractivity contribution in [1.29, 1.82) is 0 Å². The minimum Gasteiger partial charge on any atom is -0.422 e. The molecule has 6 heteroatoms. The number of carbonyl (C=O) groups is 1. The van der Waals surface area contributed by atoms with Crippen LogP contribution >= 0.6 is 11.3 Å². The van der Waals surface area contributed by atoms with Gasteiger partial charge in [-0.2, -0.15) is 0 Å². The molecule has 3 heterocycles. The number of hydrogen-bond donors (Lipinski definition) is 1. The third-order valence-electron chi connectivity index (χ3n) is 5.68. The van der Waals surface area contributed by atoms with E-state index in [1.807, 2.05) is 24.3 Å². The van der Waals surface area contributed by atoms with E-state index in [1.165, 1.54) is 16.9 Å². The molecule has 152 valence electrons. The molecule has 1 saturated heterocycles. The number of amides is 1. The molecule has 0 saturated carbocycles. The van der Waals surface area contributed by atoms with Crippen LogP contribution in [-0.2, 0) is 6.54 Å². The van der Waals surface area contributed by atoms with Gasteiger partial charge in [0.15, 0.2) is 0 Å². The van der Waals surface area contributed by atoms with E-state index in [2.05, 4.69) is 34.5 Å². The second-order valence-electron chi connectivity index (χ2n) is 7.75. The zero-order valence-corrected chi connectivity index (χ0v) is 17.3. The van der Waals surface area contributed by atoms with Crippen molar-refractivity contribution in [2.24, 2.45) is 0 Å². The number of thiophene rings is 1. The van der Waals surface area contributed by atoms with Gasteiger partial charge in [0.2, 0.25) is 0 Å². The molecule has 0 bridgehead atoms. The molecule has 1 N–H and O–H groups in total. The van der Waals surface area contributed by atoms with Crippen molar-refractivity contribution in [3.8, 4) is 0 Å². The van der Waals surface area contributed by atoms with Gasteiger partial charge in [0.05, 0.1) is 15.0 Å². The van der Waals surface area contributed by atoms with Crippen molar-refractivity contribution >= 4 is 38.3 Å². The Bertz CT molecular complexity index is 1250. The molecule has 1 aliphatic heterocycles. The maximum absolute atomic E-state index is 12.9. The van der Waals surface area contributed by atoms with Crippen molar-refractivity contribution in [2.75, 3.05) is 13.1 Å². The van der Waals surface area contributed by atoms with Gasteiger partial charge in [-0.25, -0.2) is 4.79 Å². The molecule has 1 amide bonds. The fourth-order valence-electron chi connectivity index (χ4n) is 4.09. The fraction of sp³-hybridized carbons (Fsp3) is 0.250. The summed E-state index contributed by atoms with van der Waals surface area (Å²) in [7, 11) is 0. The number of rotatable bonds is 4. The lowest BCUT2D eigenvalue weighted by Crippen LogP contribution is -2.44. The van der Waals surface area contributed by atoms with Crippen molar-refractivity contribution in [1.82, 2.24) is 10.2 Å². The number of nitrogens with zero attached hydrogens (tertiary/aromatic N) is 1. The normalized spacial score (nSPS) is 15.6. The van der Waals surface area contributed by atoms with Crippen LogP contribution in [0.1, 0.15) is 28.1 Å². The number of nitrogens with one attached hydrogen (secondary N) is 1. The molecule has 0 spiro atoms. The van der Waals surface area contributed by atoms with E-state index < -0.39 is 5.63 Å². The van der Waals surface area contributed by atoms with Crippen LogP contribution in [0.4, 0.5) is 0 Å². The number of hydrogen-bond acceptors (Lipinski definition) is 5. The molecule has 1 aliphatic rings. The first kappa shape index (κ1) is 19.0. The average Bonchev–Trinajstić information content (AvgIpc) is 3.23. The quantitative estimate of drug-likeness (QED) is 0.499. The Morgan fingerprint density at radius 1 is 1.03 bits per heavy atom. The summed E-state index contributed by atoms with van der Waals surface area (Å²) in [5.74, 6) is -0.110. The van der Waals surface area contributed by atoms with Gasteiger partial charge in [0, 0.05) is 31.1 Å². The van der Waals surface area contributed by atoms with Crippen LogP contribution in [0.25, 0.3) is 21.1 Å². The average molecular weight is 419 g/mol. The third kappa shape index (κ3) is 3.76.